The van der Waals surface area contributed by atoms with Gasteiger partial charge in [-0.3, -0.25) is 0 Å². The van der Waals surface area contributed by atoms with Crippen molar-refractivity contribution in [3.05, 3.63) is 39.8 Å². The molecule has 0 atom stereocenters. The van der Waals surface area contributed by atoms with Gasteiger partial charge in [-0.05, 0) is 37.1 Å². The summed E-state index contributed by atoms with van der Waals surface area (Å²) >= 11 is 1.50. The van der Waals surface area contributed by atoms with Gasteiger partial charge in [-0.1, -0.05) is 0 Å². The van der Waals surface area contributed by atoms with E-state index in [4.69, 9.17) is 0 Å². The second-order valence-electron chi connectivity index (χ2n) is 4.68. The van der Waals surface area contributed by atoms with Crippen molar-refractivity contribution >= 4 is 27.0 Å². The van der Waals surface area contributed by atoms with Crippen LogP contribution in [0.2, 0.25) is 0 Å². The first-order chi connectivity index (χ1) is 9.54. The third-order valence-electron chi connectivity index (χ3n) is 3.18. The molecule has 0 fully saturated rings. The van der Waals surface area contributed by atoms with Gasteiger partial charge in [-0.15, -0.1) is 11.3 Å². The summed E-state index contributed by atoms with van der Waals surface area (Å²) in [5, 5.41) is 3.99. The van der Waals surface area contributed by atoms with Crippen molar-refractivity contribution in [3.63, 3.8) is 0 Å². The van der Waals surface area contributed by atoms with Gasteiger partial charge in [0.25, 0.3) is 0 Å². The second-order valence-corrected chi connectivity index (χ2v) is 7.77. The fraction of sp³-hybridized carbons (Fsp3) is 0.308. The third-order valence-corrected chi connectivity index (χ3v) is 5.49. The standard InChI is InChI=1S/C13H15N3O2S2/c1-9-7-15-13(19-9)8-16-20(17,18)11-2-3-12-10(6-11)4-5-14-12/h2-3,6-7,14,16H,4-5,8H2,1H3. The normalized spacial score (nSPS) is 14.1. The van der Waals surface area contributed by atoms with Crippen molar-refractivity contribution in [2.75, 3.05) is 11.9 Å². The fourth-order valence-corrected chi connectivity index (χ4v) is 4.03. The minimum atomic E-state index is -3.48. The van der Waals surface area contributed by atoms with E-state index in [0.717, 1.165) is 34.1 Å². The minimum Gasteiger partial charge on any atom is -0.384 e. The number of aromatic nitrogens is 1. The molecule has 1 aromatic heterocycles. The molecule has 2 N–H and O–H groups in total. The molecule has 2 aromatic rings. The highest BCUT2D eigenvalue weighted by molar-refractivity contribution is 7.89. The number of hydrogen-bond donors (Lipinski definition) is 2. The first kappa shape index (κ1) is 13.5. The van der Waals surface area contributed by atoms with Gasteiger partial charge < -0.3 is 5.32 Å². The van der Waals surface area contributed by atoms with Crippen molar-refractivity contribution in [2.24, 2.45) is 0 Å². The lowest BCUT2D eigenvalue weighted by Gasteiger charge is -2.07. The Labute approximate surface area is 122 Å². The zero-order valence-electron chi connectivity index (χ0n) is 11.0. The Morgan fingerprint density at radius 2 is 2.30 bits per heavy atom. The highest BCUT2D eigenvalue weighted by Crippen LogP contribution is 2.25. The van der Waals surface area contributed by atoms with Crippen LogP contribution in [0, 0.1) is 6.92 Å². The van der Waals surface area contributed by atoms with E-state index in [9.17, 15) is 8.42 Å². The molecule has 0 amide bonds. The van der Waals surface area contributed by atoms with Crippen molar-refractivity contribution in [2.45, 2.75) is 24.8 Å². The number of aryl methyl sites for hydroxylation is 1. The van der Waals surface area contributed by atoms with Crippen LogP contribution in [0.1, 0.15) is 15.4 Å². The molecule has 0 aliphatic carbocycles. The molecule has 0 radical (unpaired) electrons. The Kier molecular flexibility index (Phi) is 3.49. The van der Waals surface area contributed by atoms with Crippen LogP contribution in [0.5, 0.6) is 0 Å². The first-order valence-electron chi connectivity index (χ1n) is 6.32. The molecule has 2 heterocycles. The largest absolute Gasteiger partial charge is 0.384 e. The molecule has 1 aromatic carbocycles. The van der Waals surface area contributed by atoms with Gasteiger partial charge in [0.2, 0.25) is 10.0 Å². The van der Waals surface area contributed by atoms with E-state index >= 15 is 0 Å². The van der Waals surface area contributed by atoms with Crippen LogP contribution < -0.4 is 10.0 Å². The maximum atomic E-state index is 12.3. The van der Waals surface area contributed by atoms with Gasteiger partial charge in [0.15, 0.2) is 0 Å². The summed E-state index contributed by atoms with van der Waals surface area (Å²) in [6, 6.07) is 5.20. The monoisotopic (exact) mass is 309 g/mol. The lowest BCUT2D eigenvalue weighted by Crippen LogP contribution is -2.23. The number of nitrogens with zero attached hydrogens (tertiary/aromatic N) is 1. The molecule has 0 spiro atoms. The fourth-order valence-electron chi connectivity index (χ4n) is 2.17. The number of sulfonamides is 1. The van der Waals surface area contributed by atoms with Gasteiger partial charge >= 0.3 is 0 Å². The molecule has 0 saturated carbocycles. The number of rotatable bonds is 4. The van der Waals surface area contributed by atoms with E-state index in [1.54, 1.807) is 18.3 Å². The van der Waals surface area contributed by atoms with Gasteiger partial charge in [-0.2, -0.15) is 0 Å². The van der Waals surface area contributed by atoms with Crippen LogP contribution in [0.4, 0.5) is 5.69 Å². The Morgan fingerprint density at radius 3 is 3.05 bits per heavy atom. The summed E-state index contributed by atoms with van der Waals surface area (Å²) in [5.41, 5.74) is 2.08. The van der Waals surface area contributed by atoms with Gasteiger partial charge in [0.1, 0.15) is 5.01 Å². The highest BCUT2D eigenvalue weighted by atomic mass is 32.2. The Bertz CT molecular complexity index is 738. The van der Waals surface area contributed by atoms with Crippen molar-refractivity contribution in [1.29, 1.82) is 0 Å². The number of fused-ring (bicyclic) bond motifs is 1. The molecule has 5 nitrogen and oxygen atoms in total. The van der Waals surface area contributed by atoms with E-state index < -0.39 is 10.0 Å². The number of nitrogens with one attached hydrogen (secondary N) is 2. The van der Waals surface area contributed by atoms with Crippen molar-refractivity contribution in [1.82, 2.24) is 9.71 Å². The van der Waals surface area contributed by atoms with E-state index in [-0.39, 0.29) is 6.54 Å². The summed E-state index contributed by atoms with van der Waals surface area (Å²) in [4.78, 5) is 5.54. The van der Waals surface area contributed by atoms with Crippen LogP contribution in [-0.2, 0) is 23.0 Å². The Morgan fingerprint density at radius 1 is 1.45 bits per heavy atom. The molecule has 106 valence electrons. The van der Waals surface area contributed by atoms with Crippen LogP contribution in [0.25, 0.3) is 0 Å². The summed E-state index contributed by atoms with van der Waals surface area (Å²) < 4.78 is 27.1. The highest BCUT2D eigenvalue weighted by Gasteiger charge is 2.18. The number of thiazole rings is 1. The van der Waals surface area contributed by atoms with Crippen LogP contribution in [0.3, 0.4) is 0 Å². The van der Waals surface area contributed by atoms with Crippen LogP contribution >= 0.6 is 11.3 Å². The first-order valence-corrected chi connectivity index (χ1v) is 8.62. The topological polar surface area (TPSA) is 71.1 Å². The SMILES string of the molecule is Cc1cnc(CNS(=O)(=O)c2ccc3c(c2)CCN3)s1. The zero-order chi connectivity index (χ0) is 14.2. The molecule has 7 heteroatoms. The average Bonchev–Trinajstić information content (AvgIpc) is 3.04. The number of anilines is 1. The van der Waals surface area contributed by atoms with Crippen LogP contribution in [-0.4, -0.2) is 19.9 Å². The molecule has 0 bridgehead atoms. The number of hydrogen-bond acceptors (Lipinski definition) is 5. The molecule has 3 rings (SSSR count). The minimum absolute atomic E-state index is 0.232. The van der Waals surface area contributed by atoms with Crippen molar-refractivity contribution in [3.8, 4) is 0 Å². The predicted octanol–water partition coefficient (Wildman–Crippen LogP) is 1.90. The molecule has 1 aliphatic heterocycles. The third kappa shape index (κ3) is 2.70. The van der Waals surface area contributed by atoms with Gasteiger partial charge in [0, 0.05) is 23.3 Å². The molecule has 0 saturated heterocycles. The summed E-state index contributed by atoms with van der Waals surface area (Å²) in [6.45, 7) is 3.05. The maximum Gasteiger partial charge on any atom is 0.240 e. The Hall–Kier alpha value is -1.44. The van der Waals surface area contributed by atoms with E-state index in [0.29, 0.717) is 4.90 Å². The smallest absolute Gasteiger partial charge is 0.240 e. The van der Waals surface area contributed by atoms with Gasteiger partial charge in [0.05, 0.1) is 11.4 Å². The average molecular weight is 309 g/mol. The molecule has 20 heavy (non-hydrogen) atoms. The summed E-state index contributed by atoms with van der Waals surface area (Å²) in [6.07, 6.45) is 2.61. The van der Waals surface area contributed by atoms with Crippen LogP contribution in [0.15, 0.2) is 29.3 Å². The molecular weight excluding hydrogens is 294 g/mol. The molecular formula is C13H15N3O2S2. The maximum absolute atomic E-state index is 12.3. The summed E-state index contributed by atoms with van der Waals surface area (Å²) in [7, 11) is -3.48. The van der Waals surface area contributed by atoms with Crippen molar-refractivity contribution < 1.29 is 8.42 Å². The van der Waals surface area contributed by atoms with E-state index in [2.05, 4.69) is 15.0 Å². The van der Waals surface area contributed by atoms with Gasteiger partial charge in [-0.25, -0.2) is 18.1 Å². The summed E-state index contributed by atoms with van der Waals surface area (Å²) in [5.74, 6) is 0. The number of benzene rings is 1. The molecule has 1 aliphatic rings. The van der Waals surface area contributed by atoms with E-state index in [1.807, 2.05) is 13.0 Å². The predicted molar refractivity (Wildman–Crippen MR) is 79.5 cm³/mol. The quantitative estimate of drug-likeness (QED) is 0.905. The second kappa shape index (κ2) is 5.16. The lowest BCUT2D eigenvalue weighted by atomic mass is 10.2. The Balaban J connectivity index is 1.78. The zero-order valence-corrected chi connectivity index (χ0v) is 12.6. The molecule has 0 unspecified atom stereocenters. The lowest BCUT2D eigenvalue weighted by molar-refractivity contribution is 0.581. The van der Waals surface area contributed by atoms with E-state index in [1.165, 1.54) is 11.3 Å².